The second kappa shape index (κ2) is 6.27. The summed E-state index contributed by atoms with van der Waals surface area (Å²) in [7, 11) is 0. The highest BCUT2D eigenvalue weighted by molar-refractivity contribution is 5.90. The number of hydrogen-bond donors (Lipinski definition) is 1. The molecule has 0 aliphatic heterocycles. The van der Waals surface area contributed by atoms with E-state index in [0.717, 1.165) is 49.0 Å². The number of hydrogen-bond acceptors (Lipinski definition) is 2. The van der Waals surface area contributed by atoms with E-state index in [0.29, 0.717) is 12.6 Å². The second-order valence-electron chi connectivity index (χ2n) is 7.53. The van der Waals surface area contributed by atoms with Gasteiger partial charge in [-0.3, -0.25) is 9.78 Å². The van der Waals surface area contributed by atoms with Crippen LogP contribution in [-0.2, 0) is 17.8 Å². The molecule has 132 valence electrons. The maximum Gasteiger partial charge on any atom is 0.232 e. The number of carbonyl (C=O) groups excluding carboxylic acids is 1. The van der Waals surface area contributed by atoms with Gasteiger partial charge in [0.05, 0.1) is 18.2 Å². The van der Waals surface area contributed by atoms with Crippen LogP contribution in [0.1, 0.15) is 48.6 Å². The molecule has 5 rings (SSSR count). The average molecular weight is 345 g/mol. The van der Waals surface area contributed by atoms with Crippen molar-refractivity contribution in [2.24, 2.45) is 0 Å². The molecule has 2 heterocycles. The number of H-pyrrole nitrogens is 1. The van der Waals surface area contributed by atoms with Crippen molar-refractivity contribution in [3.63, 3.8) is 0 Å². The highest BCUT2D eigenvalue weighted by Gasteiger charge is 2.38. The van der Waals surface area contributed by atoms with E-state index in [1.165, 1.54) is 10.9 Å². The number of aromatic amines is 1. The first-order valence-electron chi connectivity index (χ1n) is 9.61. The molecule has 0 saturated heterocycles. The molecular formula is C22H23N3O. The van der Waals surface area contributed by atoms with Gasteiger partial charge >= 0.3 is 0 Å². The first-order valence-corrected chi connectivity index (χ1v) is 9.61. The number of nitrogens with zero attached hydrogens (tertiary/aromatic N) is 2. The Kier molecular flexibility index (Phi) is 3.77. The van der Waals surface area contributed by atoms with Crippen molar-refractivity contribution in [2.75, 3.05) is 0 Å². The van der Waals surface area contributed by atoms with Crippen LogP contribution in [0.5, 0.6) is 0 Å². The standard InChI is InChI=1S/C22H23N3O/c26-22(25(16-11-12-16)14-15-6-3-4-13-23-15)19-9-5-8-18-17-7-1-2-10-20(17)24-21(18)19/h1-4,6-7,10,13,16,19,24H,5,8-9,11-12,14H2/t19-/m1/s1. The van der Waals surface area contributed by atoms with Gasteiger partial charge in [-0.05, 0) is 55.9 Å². The van der Waals surface area contributed by atoms with E-state index in [-0.39, 0.29) is 11.8 Å². The van der Waals surface area contributed by atoms with Gasteiger partial charge in [-0.2, -0.15) is 0 Å². The van der Waals surface area contributed by atoms with Gasteiger partial charge in [0.15, 0.2) is 0 Å². The molecule has 2 aromatic heterocycles. The number of rotatable bonds is 4. The van der Waals surface area contributed by atoms with E-state index in [2.05, 4.69) is 39.1 Å². The quantitative estimate of drug-likeness (QED) is 0.771. The molecule has 1 N–H and O–H groups in total. The molecule has 1 aromatic carbocycles. The van der Waals surface area contributed by atoms with Gasteiger partial charge in [0.25, 0.3) is 0 Å². The highest BCUT2D eigenvalue weighted by atomic mass is 16.2. The summed E-state index contributed by atoms with van der Waals surface area (Å²) >= 11 is 0. The van der Waals surface area contributed by atoms with Crippen molar-refractivity contribution in [3.05, 3.63) is 65.6 Å². The lowest BCUT2D eigenvalue weighted by Gasteiger charge is -2.29. The number of aryl methyl sites for hydroxylation is 1. The number of benzene rings is 1. The lowest BCUT2D eigenvalue weighted by atomic mass is 9.85. The number of fused-ring (bicyclic) bond motifs is 3. The van der Waals surface area contributed by atoms with Crippen molar-refractivity contribution in [3.8, 4) is 0 Å². The second-order valence-corrected chi connectivity index (χ2v) is 7.53. The topological polar surface area (TPSA) is 49.0 Å². The number of nitrogens with one attached hydrogen (secondary N) is 1. The summed E-state index contributed by atoms with van der Waals surface area (Å²) in [4.78, 5) is 23.6. The van der Waals surface area contributed by atoms with E-state index in [1.807, 2.05) is 18.2 Å². The minimum Gasteiger partial charge on any atom is -0.357 e. The molecule has 0 bridgehead atoms. The molecular weight excluding hydrogens is 322 g/mol. The Labute approximate surface area is 153 Å². The Balaban J connectivity index is 1.48. The summed E-state index contributed by atoms with van der Waals surface area (Å²) in [5, 5.41) is 1.28. The zero-order valence-corrected chi connectivity index (χ0v) is 14.8. The maximum atomic E-state index is 13.5. The number of pyridine rings is 1. The molecule has 1 amide bonds. The molecule has 1 saturated carbocycles. The maximum absolute atomic E-state index is 13.5. The number of carbonyl (C=O) groups is 1. The molecule has 1 atom stereocenters. The third-order valence-electron chi connectivity index (χ3n) is 5.74. The molecule has 2 aliphatic rings. The summed E-state index contributed by atoms with van der Waals surface area (Å²) in [5.74, 6) is 0.223. The van der Waals surface area contributed by atoms with Gasteiger partial charge in [0, 0.05) is 28.8 Å². The van der Waals surface area contributed by atoms with Crippen LogP contribution >= 0.6 is 0 Å². The molecule has 4 heteroatoms. The fourth-order valence-corrected chi connectivity index (χ4v) is 4.30. The zero-order chi connectivity index (χ0) is 17.5. The highest BCUT2D eigenvalue weighted by Crippen LogP contribution is 2.39. The van der Waals surface area contributed by atoms with Crippen LogP contribution in [-0.4, -0.2) is 26.8 Å². The van der Waals surface area contributed by atoms with Crippen molar-refractivity contribution in [1.82, 2.24) is 14.9 Å². The molecule has 0 unspecified atom stereocenters. The molecule has 0 spiro atoms. The van der Waals surface area contributed by atoms with Gasteiger partial charge in [-0.25, -0.2) is 0 Å². The largest absolute Gasteiger partial charge is 0.357 e. The van der Waals surface area contributed by atoms with Crippen LogP contribution in [0.15, 0.2) is 48.7 Å². The Hall–Kier alpha value is -2.62. The summed E-state index contributed by atoms with van der Waals surface area (Å²) < 4.78 is 0. The fourth-order valence-electron chi connectivity index (χ4n) is 4.30. The van der Waals surface area contributed by atoms with Gasteiger partial charge in [-0.1, -0.05) is 24.3 Å². The van der Waals surface area contributed by atoms with Gasteiger partial charge in [-0.15, -0.1) is 0 Å². The van der Waals surface area contributed by atoms with E-state index in [1.54, 1.807) is 6.20 Å². The molecule has 0 radical (unpaired) electrons. The Morgan fingerprint density at radius 3 is 2.77 bits per heavy atom. The minimum atomic E-state index is -0.0459. The third kappa shape index (κ3) is 2.70. The average Bonchev–Trinajstić information content (AvgIpc) is 3.46. The van der Waals surface area contributed by atoms with Crippen LogP contribution in [0, 0.1) is 0 Å². The summed E-state index contributed by atoms with van der Waals surface area (Å²) in [5.41, 5.74) is 4.62. The van der Waals surface area contributed by atoms with Crippen molar-refractivity contribution in [2.45, 2.75) is 50.6 Å². The van der Waals surface area contributed by atoms with E-state index >= 15 is 0 Å². The summed E-state index contributed by atoms with van der Waals surface area (Å²) in [6, 6.07) is 14.7. The van der Waals surface area contributed by atoms with Crippen LogP contribution in [0.25, 0.3) is 10.9 Å². The van der Waals surface area contributed by atoms with Crippen molar-refractivity contribution >= 4 is 16.8 Å². The number of para-hydroxylation sites is 1. The number of amides is 1. The molecule has 1 fully saturated rings. The van der Waals surface area contributed by atoms with E-state index in [9.17, 15) is 4.79 Å². The Morgan fingerprint density at radius 1 is 1.12 bits per heavy atom. The zero-order valence-electron chi connectivity index (χ0n) is 14.8. The van der Waals surface area contributed by atoms with Crippen molar-refractivity contribution < 1.29 is 4.79 Å². The van der Waals surface area contributed by atoms with E-state index in [4.69, 9.17) is 0 Å². The van der Waals surface area contributed by atoms with Crippen LogP contribution in [0.3, 0.4) is 0 Å². The smallest absolute Gasteiger partial charge is 0.232 e. The first-order chi connectivity index (χ1) is 12.8. The SMILES string of the molecule is O=C([C@@H]1CCCc2c1[nH]c1ccccc21)N(Cc1ccccn1)C1CC1. The van der Waals surface area contributed by atoms with E-state index < -0.39 is 0 Å². The summed E-state index contributed by atoms with van der Waals surface area (Å²) in [6.45, 7) is 0.621. The molecule has 26 heavy (non-hydrogen) atoms. The first kappa shape index (κ1) is 15.6. The molecule has 4 nitrogen and oxygen atoms in total. The summed E-state index contributed by atoms with van der Waals surface area (Å²) in [6.07, 6.45) is 7.11. The Bertz CT molecular complexity index is 942. The van der Waals surface area contributed by atoms with Crippen molar-refractivity contribution in [1.29, 1.82) is 0 Å². The predicted octanol–water partition coefficient (Wildman–Crippen LogP) is 4.17. The van der Waals surface area contributed by atoms with Crippen LogP contribution < -0.4 is 0 Å². The van der Waals surface area contributed by atoms with Gasteiger partial charge in [0.2, 0.25) is 5.91 Å². The predicted molar refractivity (Wildman–Crippen MR) is 102 cm³/mol. The lowest BCUT2D eigenvalue weighted by Crippen LogP contribution is -2.37. The molecule has 3 aromatic rings. The minimum absolute atomic E-state index is 0.0459. The molecule has 2 aliphatic carbocycles. The van der Waals surface area contributed by atoms with Crippen LogP contribution in [0.4, 0.5) is 0 Å². The van der Waals surface area contributed by atoms with Crippen LogP contribution in [0.2, 0.25) is 0 Å². The monoisotopic (exact) mass is 345 g/mol. The van der Waals surface area contributed by atoms with Gasteiger partial charge < -0.3 is 9.88 Å². The number of aromatic nitrogens is 2. The van der Waals surface area contributed by atoms with Gasteiger partial charge in [0.1, 0.15) is 0 Å². The Morgan fingerprint density at radius 2 is 1.96 bits per heavy atom. The third-order valence-corrected chi connectivity index (χ3v) is 5.74. The lowest BCUT2D eigenvalue weighted by molar-refractivity contribution is -0.134. The fraction of sp³-hybridized carbons (Fsp3) is 0.364. The normalized spacial score (nSPS) is 19.3.